The summed E-state index contributed by atoms with van der Waals surface area (Å²) in [5, 5.41) is 6.12. The fourth-order valence-corrected chi connectivity index (χ4v) is 3.70. The van der Waals surface area contributed by atoms with Crippen LogP contribution in [0.2, 0.25) is 0 Å². The highest BCUT2D eigenvalue weighted by Crippen LogP contribution is 2.31. The van der Waals surface area contributed by atoms with Gasteiger partial charge in [0.1, 0.15) is 5.82 Å². The lowest BCUT2D eigenvalue weighted by Crippen LogP contribution is -2.26. The highest BCUT2D eigenvalue weighted by molar-refractivity contribution is 5.94. The Bertz CT molecular complexity index is 934. The quantitative estimate of drug-likeness (QED) is 0.509. The Kier molecular flexibility index (Phi) is 7.28. The van der Waals surface area contributed by atoms with Crippen LogP contribution in [0.5, 0.6) is 0 Å². The number of benzene rings is 2. The molecule has 0 saturated carbocycles. The van der Waals surface area contributed by atoms with E-state index in [1.54, 1.807) is 0 Å². The zero-order valence-corrected chi connectivity index (χ0v) is 17.8. The molecule has 0 aromatic heterocycles. The normalized spacial score (nSPS) is 13.4. The van der Waals surface area contributed by atoms with E-state index in [4.69, 9.17) is 0 Å². The van der Waals surface area contributed by atoms with Crippen LogP contribution >= 0.6 is 0 Å². The van der Waals surface area contributed by atoms with Crippen LogP contribution < -0.4 is 15.5 Å². The van der Waals surface area contributed by atoms with Crippen LogP contribution in [-0.2, 0) is 11.3 Å². The number of hydrogen-bond acceptors (Lipinski definition) is 3. The van der Waals surface area contributed by atoms with Gasteiger partial charge in [0.05, 0.1) is 11.4 Å². The molecule has 2 aromatic carbocycles. The molecule has 2 N–H and O–H groups in total. The molecular formula is C25H30FN3O. The average molecular weight is 408 g/mol. The number of carbonyl (C=O) groups is 1. The van der Waals surface area contributed by atoms with Crippen molar-refractivity contribution in [3.63, 3.8) is 0 Å². The molecule has 0 fully saturated rings. The van der Waals surface area contributed by atoms with Crippen molar-refractivity contribution in [3.8, 4) is 0 Å². The molecule has 3 rings (SSSR count). The Hall–Kier alpha value is -3.08. The number of rotatable bonds is 8. The van der Waals surface area contributed by atoms with E-state index in [1.807, 2.05) is 37.3 Å². The summed E-state index contributed by atoms with van der Waals surface area (Å²) in [6, 6.07) is 12.6. The highest BCUT2D eigenvalue weighted by Gasteiger charge is 2.15. The molecule has 30 heavy (non-hydrogen) atoms. The minimum atomic E-state index is -0.233. The SMILES string of the molecule is C=C(C)Nc1ccc(N(CC2=CCCCC2)Cc2ccc(F)cc2)cc1NC(C)=O. The van der Waals surface area contributed by atoms with Crippen molar-refractivity contribution >= 4 is 23.0 Å². The van der Waals surface area contributed by atoms with Gasteiger partial charge < -0.3 is 15.5 Å². The second kappa shape index (κ2) is 10.1. The summed E-state index contributed by atoms with van der Waals surface area (Å²) >= 11 is 0. The molecule has 158 valence electrons. The molecule has 0 heterocycles. The van der Waals surface area contributed by atoms with Crippen LogP contribution in [0.1, 0.15) is 45.1 Å². The van der Waals surface area contributed by atoms with Crippen LogP contribution in [-0.4, -0.2) is 12.5 Å². The molecule has 0 radical (unpaired) electrons. The molecule has 0 spiro atoms. The van der Waals surface area contributed by atoms with E-state index in [0.717, 1.165) is 42.0 Å². The van der Waals surface area contributed by atoms with E-state index in [0.29, 0.717) is 12.2 Å². The van der Waals surface area contributed by atoms with Gasteiger partial charge in [-0.05, 0) is 68.5 Å². The molecule has 5 heteroatoms. The molecular weight excluding hydrogens is 377 g/mol. The summed E-state index contributed by atoms with van der Waals surface area (Å²) in [6.45, 7) is 8.74. The molecule has 1 amide bonds. The van der Waals surface area contributed by atoms with E-state index < -0.39 is 0 Å². The summed E-state index contributed by atoms with van der Waals surface area (Å²) in [5.74, 6) is -0.361. The molecule has 2 aromatic rings. The summed E-state index contributed by atoms with van der Waals surface area (Å²) in [6.07, 6.45) is 7.03. The standard InChI is InChI=1S/C25H30FN3O/c1-18(2)27-24-14-13-23(15-25(24)28-19(3)30)29(16-20-7-5-4-6-8-20)17-21-9-11-22(26)12-10-21/h7,9-15,27H,1,4-6,8,16-17H2,2-3H3,(H,28,30). The van der Waals surface area contributed by atoms with Crippen LogP contribution in [0.25, 0.3) is 0 Å². The molecule has 0 saturated heterocycles. The number of halogens is 1. The molecule has 0 atom stereocenters. The monoisotopic (exact) mass is 407 g/mol. The number of anilines is 3. The van der Waals surface area contributed by atoms with Gasteiger partial charge in [-0.15, -0.1) is 0 Å². The molecule has 1 aliphatic carbocycles. The molecule has 1 aliphatic rings. The zero-order chi connectivity index (χ0) is 21.5. The minimum absolute atomic E-state index is 0.128. The molecule has 0 bridgehead atoms. The van der Waals surface area contributed by atoms with Crippen molar-refractivity contribution < 1.29 is 9.18 Å². The topological polar surface area (TPSA) is 44.4 Å². The minimum Gasteiger partial charge on any atom is -0.363 e. The van der Waals surface area contributed by atoms with Gasteiger partial charge in [0.25, 0.3) is 0 Å². The third-order valence-corrected chi connectivity index (χ3v) is 5.09. The lowest BCUT2D eigenvalue weighted by atomic mass is 9.98. The second-order valence-electron chi connectivity index (χ2n) is 7.91. The van der Waals surface area contributed by atoms with E-state index >= 15 is 0 Å². The summed E-state index contributed by atoms with van der Waals surface area (Å²) in [5.41, 5.74) is 5.78. The maximum absolute atomic E-state index is 13.4. The molecule has 0 aliphatic heterocycles. The Balaban J connectivity index is 1.93. The van der Waals surface area contributed by atoms with Gasteiger partial charge in [-0.1, -0.05) is 30.4 Å². The number of nitrogens with zero attached hydrogens (tertiary/aromatic N) is 1. The van der Waals surface area contributed by atoms with Crippen molar-refractivity contribution in [1.29, 1.82) is 0 Å². The van der Waals surface area contributed by atoms with Gasteiger partial charge in [0.2, 0.25) is 5.91 Å². The third kappa shape index (κ3) is 6.21. The Morgan fingerprint density at radius 2 is 1.80 bits per heavy atom. The van der Waals surface area contributed by atoms with Crippen LogP contribution in [0, 0.1) is 5.82 Å². The molecule has 4 nitrogen and oxygen atoms in total. The largest absolute Gasteiger partial charge is 0.363 e. The fourth-order valence-electron chi connectivity index (χ4n) is 3.70. The van der Waals surface area contributed by atoms with Gasteiger partial charge in [0, 0.05) is 31.4 Å². The van der Waals surface area contributed by atoms with Crippen LogP contribution in [0.3, 0.4) is 0 Å². The molecule has 0 unspecified atom stereocenters. The van der Waals surface area contributed by atoms with Gasteiger partial charge in [-0.3, -0.25) is 4.79 Å². The van der Waals surface area contributed by atoms with Crippen molar-refractivity contribution in [1.82, 2.24) is 0 Å². The predicted octanol–water partition coefficient (Wildman–Crippen LogP) is 6.24. The third-order valence-electron chi connectivity index (χ3n) is 5.09. The first-order valence-electron chi connectivity index (χ1n) is 10.4. The van der Waals surface area contributed by atoms with Gasteiger partial charge in [0.15, 0.2) is 0 Å². The summed E-state index contributed by atoms with van der Waals surface area (Å²) in [4.78, 5) is 14.0. The van der Waals surface area contributed by atoms with Crippen molar-refractivity contribution in [2.75, 3.05) is 22.1 Å². The van der Waals surface area contributed by atoms with Crippen molar-refractivity contribution in [2.45, 2.75) is 46.1 Å². The number of amides is 1. The average Bonchev–Trinajstić information content (AvgIpc) is 2.70. The van der Waals surface area contributed by atoms with E-state index in [9.17, 15) is 9.18 Å². The fraction of sp³-hybridized carbons (Fsp3) is 0.320. The summed E-state index contributed by atoms with van der Waals surface area (Å²) < 4.78 is 13.4. The van der Waals surface area contributed by atoms with E-state index in [-0.39, 0.29) is 11.7 Å². The lowest BCUT2D eigenvalue weighted by Gasteiger charge is -2.28. The summed E-state index contributed by atoms with van der Waals surface area (Å²) in [7, 11) is 0. The first kappa shape index (κ1) is 21.6. The zero-order valence-electron chi connectivity index (χ0n) is 17.8. The Morgan fingerprint density at radius 1 is 1.03 bits per heavy atom. The second-order valence-corrected chi connectivity index (χ2v) is 7.91. The smallest absolute Gasteiger partial charge is 0.221 e. The van der Waals surface area contributed by atoms with Crippen LogP contribution in [0.15, 0.2) is 66.4 Å². The number of hydrogen-bond donors (Lipinski definition) is 2. The van der Waals surface area contributed by atoms with Gasteiger partial charge in [-0.2, -0.15) is 0 Å². The predicted molar refractivity (Wildman–Crippen MR) is 123 cm³/mol. The first-order chi connectivity index (χ1) is 14.4. The number of allylic oxidation sites excluding steroid dienone is 2. The van der Waals surface area contributed by atoms with Gasteiger partial charge in [-0.25, -0.2) is 4.39 Å². The van der Waals surface area contributed by atoms with E-state index in [1.165, 1.54) is 37.5 Å². The lowest BCUT2D eigenvalue weighted by molar-refractivity contribution is -0.114. The first-order valence-corrected chi connectivity index (χ1v) is 10.4. The Labute approximate surface area is 178 Å². The Morgan fingerprint density at radius 3 is 2.43 bits per heavy atom. The highest BCUT2D eigenvalue weighted by atomic mass is 19.1. The number of nitrogens with one attached hydrogen (secondary N) is 2. The maximum atomic E-state index is 13.4. The van der Waals surface area contributed by atoms with Crippen molar-refractivity contribution in [3.05, 3.63) is 77.8 Å². The maximum Gasteiger partial charge on any atom is 0.221 e. The van der Waals surface area contributed by atoms with Crippen LogP contribution in [0.4, 0.5) is 21.5 Å². The van der Waals surface area contributed by atoms with E-state index in [2.05, 4.69) is 28.2 Å². The number of carbonyl (C=O) groups excluding carboxylic acids is 1. The van der Waals surface area contributed by atoms with Gasteiger partial charge >= 0.3 is 0 Å². The van der Waals surface area contributed by atoms with Crippen molar-refractivity contribution in [2.24, 2.45) is 0 Å².